The monoisotopic (exact) mass is 314 g/mol. The molecular formula is C21H30O2. The van der Waals surface area contributed by atoms with E-state index in [1.807, 2.05) is 26.0 Å². The molecule has 0 amide bonds. The van der Waals surface area contributed by atoms with E-state index in [2.05, 4.69) is 19.9 Å². The highest BCUT2D eigenvalue weighted by Gasteiger charge is 2.55. The first-order valence-corrected chi connectivity index (χ1v) is 9.37. The summed E-state index contributed by atoms with van der Waals surface area (Å²) in [5, 5.41) is 9.78. The molecule has 2 fully saturated rings. The van der Waals surface area contributed by atoms with Crippen molar-refractivity contribution in [2.75, 3.05) is 0 Å². The zero-order valence-electron chi connectivity index (χ0n) is 14.9. The van der Waals surface area contributed by atoms with Crippen molar-refractivity contribution in [1.29, 1.82) is 0 Å². The van der Waals surface area contributed by atoms with Gasteiger partial charge in [0.25, 0.3) is 0 Å². The van der Waals surface area contributed by atoms with Crippen LogP contribution in [0.2, 0.25) is 0 Å². The van der Waals surface area contributed by atoms with Crippen LogP contribution in [0.3, 0.4) is 0 Å². The number of fused-ring (bicyclic) bond motifs is 5. The van der Waals surface area contributed by atoms with Crippen LogP contribution in [0, 0.1) is 17.3 Å². The fraction of sp³-hybridized carbons (Fsp3) is 0.667. The van der Waals surface area contributed by atoms with Crippen molar-refractivity contribution in [2.45, 2.75) is 71.6 Å². The van der Waals surface area contributed by atoms with Gasteiger partial charge in [-0.25, -0.2) is 0 Å². The number of phenolic OH excluding ortho intramolecular Hbond substituents is 1. The molecule has 4 rings (SSSR count). The van der Waals surface area contributed by atoms with E-state index in [0.29, 0.717) is 35.2 Å². The molecule has 0 spiro atoms. The van der Waals surface area contributed by atoms with E-state index in [4.69, 9.17) is 0 Å². The van der Waals surface area contributed by atoms with Crippen LogP contribution in [0.15, 0.2) is 18.2 Å². The molecule has 0 heterocycles. The highest BCUT2D eigenvalue weighted by molar-refractivity contribution is 5.87. The Hall–Kier alpha value is -1.31. The van der Waals surface area contributed by atoms with Gasteiger partial charge in [-0.2, -0.15) is 0 Å². The SMILES string of the molecule is CC.C[C@H]1C[C@@H]2C(CC[C@]3(C)C(=O)CCC23)c2ccc(O)cc21. The predicted octanol–water partition coefficient (Wildman–Crippen LogP) is 5.40. The van der Waals surface area contributed by atoms with E-state index in [1.165, 1.54) is 17.5 Å². The molecule has 1 aromatic rings. The van der Waals surface area contributed by atoms with Crippen molar-refractivity contribution in [3.63, 3.8) is 0 Å². The number of Topliss-reactive ketones (excluding diaryl/α,β-unsaturated/α-hetero) is 1. The Morgan fingerprint density at radius 1 is 1.17 bits per heavy atom. The highest BCUT2D eigenvalue weighted by atomic mass is 16.3. The van der Waals surface area contributed by atoms with Crippen molar-refractivity contribution < 1.29 is 9.90 Å². The third-order valence-corrected chi connectivity index (χ3v) is 6.77. The number of benzene rings is 1. The van der Waals surface area contributed by atoms with E-state index in [9.17, 15) is 9.90 Å². The van der Waals surface area contributed by atoms with Crippen molar-refractivity contribution in [2.24, 2.45) is 17.3 Å². The molecule has 5 atom stereocenters. The van der Waals surface area contributed by atoms with Gasteiger partial charge in [-0.05, 0) is 72.6 Å². The second-order valence-corrected chi connectivity index (χ2v) is 7.74. The summed E-state index contributed by atoms with van der Waals surface area (Å²) in [4.78, 5) is 12.3. The summed E-state index contributed by atoms with van der Waals surface area (Å²) in [6, 6.07) is 5.93. The van der Waals surface area contributed by atoms with Gasteiger partial charge in [0.2, 0.25) is 0 Å². The molecule has 0 bridgehead atoms. The van der Waals surface area contributed by atoms with Gasteiger partial charge in [0.15, 0.2) is 0 Å². The average molecular weight is 314 g/mol. The van der Waals surface area contributed by atoms with Gasteiger partial charge in [-0.1, -0.05) is 33.8 Å². The molecule has 2 nitrogen and oxygen atoms in total. The fourth-order valence-corrected chi connectivity index (χ4v) is 5.64. The molecule has 2 saturated carbocycles. The number of hydrogen-bond acceptors (Lipinski definition) is 2. The maximum Gasteiger partial charge on any atom is 0.139 e. The molecule has 2 unspecified atom stereocenters. The first kappa shape index (κ1) is 16.5. The van der Waals surface area contributed by atoms with Crippen LogP contribution in [0.25, 0.3) is 0 Å². The van der Waals surface area contributed by atoms with Crippen LogP contribution in [0.1, 0.15) is 82.8 Å². The number of ketones is 1. The highest BCUT2D eigenvalue weighted by Crippen LogP contribution is 2.61. The first-order valence-electron chi connectivity index (χ1n) is 9.37. The number of aromatic hydroxyl groups is 1. The molecule has 1 aromatic carbocycles. The lowest BCUT2D eigenvalue weighted by Gasteiger charge is -2.49. The zero-order chi connectivity index (χ0) is 16.8. The van der Waals surface area contributed by atoms with Gasteiger partial charge < -0.3 is 5.11 Å². The van der Waals surface area contributed by atoms with E-state index in [1.54, 1.807) is 0 Å². The summed E-state index contributed by atoms with van der Waals surface area (Å²) in [6.07, 6.45) is 5.24. The second-order valence-electron chi connectivity index (χ2n) is 7.74. The van der Waals surface area contributed by atoms with Crippen LogP contribution in [-0.4, -0.2) is 10.9 Å². The summed E-state index contributed by atoms with van der Waals surface area (Å²) in [5.41, 5.74) is 2.73. The Morgan fingerprint density at radius 2 is 1.91 bits per heavy atom. The number of carbonyl (C=O) groups is 1. The Labute approximate surface area is 140 Å². The minimum absolute atomic E-state index is 0.0463. The van der Waals surface area contributed by atoms with Gasteiger partial charge >= 0.3 is 0 Å². The molecule has 3 aliphatic rings. The van der Waals surface area contributed by atoms with Crippen LogP contribution >= 0.6 is 0 Å². The second kappa shape index (κ2) is 5.96. The molecule has 0 aliphatic heterocycles. The molecule has 0 aromatic heterocycles. The summed E-state index contributed by atoms with van der Waals surface area (Å²) in [7, 11) is 0. The summed E-state index contributed by atoms with van der Waals surface area (Å²) >= 11 is 0. The van der Waals surface area contributed by atoms with Gasteiger partial charge in [0.1, 0.15) is 11.5 Å². The van der Waals surface area contributed by atoms with E-state index < -0.39 is 0 Å². The number of rotatable bonds is 0. The summed E-state index contributed by atoms with van der Waals surface area (Å²) in [6.45, 7) is 8.50. The lowest BCUT2D eigenvalue weighted by molar-refractivity contribution is -0.129. The zero-order valence-corrected chi connectivity index (χ0v) is 14.9. The average Bonchev–Trinajstić information content (AvgIpc) is 2.86. The Balaban J connectivity index is 0.000000753. The lowest BCUT2D eigenvalue weighted by Crippen LogP contribution is -2.42. The molecule has 0 radical (unpaired) electrons. The van der Waals surface area contributed by atoms with Gasteiger partial charge in [-0.15, -0.1) is 0 Å². The Morgan fingerprint density at radius 3 is 2.65 bits per heavy atom. The third kappa shape index (κ3) is 2.42. The van der Waals surface area contributed by atoms with E-state index in [0.717, 1.165) is 25.7 Å². The van der Waals surface area contributed by atoms with Crippen molar-refractivity contribution in [1.82, 2.24) is 0 Å². The third-order valence-electron chi connectivity index (χ3n) is 6.77. The largest absolute Gasteiger partial charge is 0.508 e. The lowest BCUT2D eigenvalue weighted by atomic mass is 9.54. The number of carbonyl (C=O) groups excluding carboxylic acids is 1. The smallest absolute Gasteiger partial charge is 0.139 e. The topological polar surface area (TPSA) is 37.3 Å². The molecule has 126 valence electrons. The van der Waals surface area contributed by atoms with Crippen LogP contribution in [-0.2, 0) is 4.79 Å². The van der Waals surface area contributed by atoms with Gasteiger partial charge in [0, 0.05) is 11.8 Å². The van der Waals surface area contributed by atoms with Gasteiger partial charge in [-0.3, -0.25) is 4.79 Å². The quantitative estimate of drug-likeness (QED) is 0.695. The molecule has 3 aliphatic carbocycles. The molecule has 0 saturated heterocycles. The van der Waals surface area contributed by atoms with Crippen molar-refractivity contribution in [3.05, 3.63) is 29.3 Å². The molecule has 23 heavy (non-hydrogen) atoms. The van der Waals surface area contributed by atoms with Crippen LogP contribution < -0.4 is 0 Å². The normalized spacial score (nSPS) is 38.0. The van der Waals surface area contributed by atoms with Crippen molar-refractivity contribution in [3.8, 4) is 5.75 Å². The minimum atomic E-state index is -0.0463. The van der Waals surface area contributed by atoms with Crippen LogP contribution in [0.5, 0.6) is 5.75 Å². The first-order chi connectivity index (χ1) is 11.0. The predicted molar refractivity (Wildman–Crippen MR) is 93.8 cm³/mol. The summed E-state index contributed by atoms with van der Waals surface area (Å²) in [5.74, 6) is 3.22. The maximum atomic E-state index is 12.3. The number of phenols is 1. The van der Waals surface area contributed by atoms with Gasteiger partial charge in [0.05, 0.1) is 0 Å². The van der Waals surface area contributed by atoms with Crippen molar-refractivity contribution >= 4 is 5.78 Å². The minimum Gasteiger partial charge on any atom is -0.508 e. The number of hydrogen-bond donors (Lipinski definition) is 1. The molecular weight excluding hydrogens is 284 g/mol. The van der Waals surface area contributed by atoms with E-state index >= 15 is 0 Å². The Kier molecular flexibility index (Phi) is 4.29. The Bertz CT molecular complexity index is 606. The fourth-order valence-electron chi connectivity index (χ4n) is 5.64. The van der Waals surface area contributed by atoms with E-state index in [-0.39, 0.29) is 5.41 Å². The maximum absolute atomic E-state index is 12.3. The standard InChI is InChI=1S/C19H24O2.C2H6/c1-11-9-16-14(13-4-3-12(20)10-15(11)13)7-8-19(2)17(16)5-6-18(19)21;1-2/h3-4,10-11,14,16-17,20H,5-9H2,1-2H3;1-2H3/t11-,14?,16+,17?,19-;/m0./s1. The van der Waals surface area contributed by atoms with Crippen LogP contribution in [0.4, 0.5) is 0 Å². The summed E-state index contributed by atoms with van der Waals surface area (Å²) < 4.78 is 0. The molecule has 2 heteroatoms. The molecule has 1 N–H and O–H groups in total.